The number of nitrogens with one attached hydrogen (secondary N) is 4. The fourth-order valence-corrected chi connectivity index (χ4v) is 25.5. The Kier molecular flexibility index (Phi) is 25.5. The van der Waals surface area contributed by atoms with Crippen molar-refractivity contribution in [3.8, 4) is 42.4 Å². The van der Waals surface area contributed by atoms with Gasteiger partial charge in [-0.05, 0) is 269 Å². The summed E-state index contributed by atoms with van der Waals surface area (Å²) >= 11 is 5.47. The molecule has 4 spiro atoms. The van der Waals surface area contributed by atoms with E-state index >= 15 is 0 Å². The lowest BCUT2D eigenvalue weighted by molar-refractivity contribution is -0.126. The number of rotatable bonds is 21. The summed E-state index contributed by atoms with van der Waals surface area (Å²) < 4.78 is 47.2. The van der Waals surface area contributed by atoms with E-state index in [9.17, 15) is 47.1 Å². The van der Waals surface area contributed by atoms with Crippen molar-refractivity contribution in [2.24, 2.45) is 21.7 Å². The molecule has 0 unspecified atom stereocenters. The molecule has 30 nitrogen and oxygen atoms in total. The summed E-state index contributed by atoms with van der Waals surface area (Å²) in [7, 11) is 0. The van der Waals surface area contributed by atoms with Crippen molar-refractivity contribution in [1.29, 1.82) is 0 Å². The number of anilines is 4. The van der Waals surface area contributed by atoms with E-state index in [0.717, 1.165) is 187 Å². The lowest BCUT2D eigenvalue weighted by Crippen LogP contribution is -2.42. The highest BCUT2D eigenvalue weighted by Crippen LogP contribution is 2.60. The molecule has 4 aliphatic carbocycles. The zero-order valence-corrected chi connectivity index (χ0v) is 81.7. The van der Waals surface area contributed by atoms with Gasteiger partial charge in [0.15, 0.2) is 0 Å². The van der Waals surface area contributed by atoms with Crippen molar-refractivity contribution in [2.75, 3.05) is 73.6 Å². The van der Waals surface area contributed by atoms with Gasteiger partial charge in [-0.25, -0.2) is 48.7 Å². The van der Waals surface area contributed by atoms with Gasteiger partial charge >= 0.3 is 0 Å². The summed E-state index contributed by atoms with van der Waals surface area (Å²) in [4.78, 5) is 151. The van der Waals surface area contributed by atoms with Gasteiger partial charge in [0.25, 0.3) is 23.6 Å². The molecule has 726 valence electrons. The highest BCUT2D eigenvalue weighted by Gasteiger charge is 2.55. The van der Waals surface area contributed by atoms with Crippen LogP contribution in [0.25, 0.3) is 86.6 Å². The number of aryl methyl sites for hydroxylation is 2. The third-order valence-electron chi connectivity index (χ3n) is 29.1. The second-order valence-corrected chi connectivity index (χ2v) is 42.5. The number of amides is 8. The smallest absolute Gasteiger partial charge is 0.268 e. The highest BCUT2D eigenvalue weighted by atomic mass is 32.1. The van der Waals surface area contributed by atoms with Crippen molar-refractivity contribution in [3.05, 3.63) is 288 Å². The van der Waals surface area contributed by atoms with Gasteiger partial charge < -0.3 is 46.7 Å². The molecule has 0 atom stereocenters. The minimum Gasteiger partial charge on any atom is -0.464 e. The Balaban J connectivity index is 0.000000113. The van der Waals surface area contributed by atoms with E-state index in [1.54, 1.807) is 61.3 Å². The van der Waals surface area contributed by atoms with Crippen LogP contribution < -0.4 is 21.3 Å². The zero-order valence-electron chi connectivity index (χ0n) is 78.4. The van der Waals surface area contributed by atoms with Gasteiger partial charge in [-0.15, -0.1) is 45.3 Å². The van der Waals surface area contributed by atoms with Gasteiger partial charge in [0.2, 0.25) is 47.4 Å². The van der Waals surface area contributed by atoms with Gasteiger partial charge in [0, 0.05) is 101 Å². The van der Waals surface area contributed by atoms with E-state index < -0.39 is 0 Å². The highest BCUT2D eigenvalue weighted by molar-refractivity contribution is 7.18. The molecule has 8 amide bonds. The van der Waals surface area contributed by atoms with E-state index in [1.165, 1.54) is 93.9 Å². The number of furan rings is 2. The molecule has 16 heterocycles. The third kappa shape index (κ3) is 18.7. The molecule has 8 aliphatic rings. The number of hydrogen-bond donors (Lipinski definition) is 4. The topological polar surface area (TPSA) is 347 Å². The summed E-state index contributed by atoms with van der Waals surface area (Å²) in [5, 5.41) is 12.1. The number of halogens is 2. The number of benzene rings is 4. The maximum absolute atomic E-state index is 14.2. The lowest BCUT2D eigenvalue weighted by atomic mass is 9.64. The molecular formula is C107H100F2N20O10S4. The van der Waals surface area contributed by atoms with Crippen LogP contribution in [-0.2, 0) is 25.6 Å². The molecule has 143 heavy (non-hydrogen) atoms. The number of likely N-dealkylation sites (tertiary alicyclic amines) is 4. The number of thiophene rings is 4. The molecule has 4 saturated carbocycles. The first-order valence-electron chi connectivity index (χ1n) is 47.6. The Bertz CT molecular complexity index is 7620. The van der Waals surface area contributed by atoms with Gasteiger partial charge in [0.1, 0.15) is 34.8 Å². The first-order valence-corrected chi connectivity index (χ1v) is 50.9. The van der Waals surface area contributed by atoms with Crippen molar-refractivity contribution < 1.29 is 56.0 Å². The fraction of sp³-hybridized carbons (Fsp3) is 0.290. The maximum atomic E-state index is 14.2. The summed E-state index contributed by atoms with van der Waals surface area (Å²) in [5.74, 6) is 3.09. The summed E-state index contributed by atoms with van der Waals surface area (Å²) in [5.41, 5.74) is 8.28. The van der Waals surface area contributed by atoms with Crippen LogP contribution in [0.4, 0.5) is 32.6 Å². The molecule has 4 N–H and O–H groups in total. The summed E-state index contributed by atoms with van der Waals surface area (Å²) in [6.07, 6.45) is 24.0. The predicted octanol–water partition coefficient (Wildman–Crippen LogP) is 20.9. The molecule has 8 fully saturated rings. The van der Waals surface area contributed by atoms with Crippen LogP contribution in [0.15, 0.2) is 254 Å². The van der Waals surface area contributed by atoms with E-state index in [0.29, 0.717) is 90.3 Å². The van der Waals surface area contributed by atoms with Crippen molar-refractivity contribution in [3.63, 3.8) is 0 Å². The number of aromatic nitrogens is 12. The molecule has 4 saturated heterocycles. The van der Waals surface area contributed by atoms with Crippen LogP contribution in [0.5, 0.6) is 0 Å². The minimum atomic E-state index is -0.374. The van der Waals surface area contributed by atoms with Crippen LogP contribution in [0.3, 0.4) is 0 Å². The molecule has 16 aromatic rings. The molecular weight excluding hydrogens is 1890 g/mol. The van der Waals surface area contributed by atoms with Crippen LogP contribution in [0, 0.1) is 40.2 Å². The summed E-state index contributed by atoms with van der Waals surface area (Å²) in [6, 6.07) is 51.2. The Morgan fingerprint density at radius 3 is 1.09 bits per heavy atom. The van der Waals surface area contributed by atoms with E-state index in [-0.39, 0.29) is 105 Å². The quantitative estimate of drug-likeness (QED) is 0.0486. The van der Waals surface area contributed by atoms with Crippen molar-refractivity contribution >= 4 is 161 Å². The van der Waals surface area contributed by atoms with Gasteiger partial charge in [-0.1, -0.05) is 57.5 Å². The normalized spacial score (nSPS) is 21.1. The molecule has 12 aromatic heterocycles. The molecule has 24 rings (SSSR count). The van der Waals surface area contributed by atoms with Gasteiger partial charge in [0.05, 0.1) is 107 Å². The average Bonchev–Trinajstić information content (AvgIpc) is 1.58. The number of fused-ring (bicyclic) bond motifs is 4. The number of nitrogens with zero attached hydrogens (tertiary/aromatic N) is 16. The molecule has 0 bridgehead atoms. The first kappa shape index (κ1) is 94.1. The molecule has 4 aromatic carbocycles. The second kappa shape index (κ2) is 38.7. The maximum Gasteiger partial charge on any atom is 0.268 e. The number of para-hydroxylation sites is 4. The Morgan fingerprint density at radius 1 is 0.378 bits per heavy atom. The van der Waals surface area contributed by atoms with E-state index in [4.69, 9.17) is 18.8 Å². The van der Waals surface area contributed by atoms with Crippen LogP contribution in [0.2, 0.25) is 0 Å². The average molecular weight is 1990 g/mol. The summed E-state index contributed by atoms with van der Waals surface area (Å²) in [6.45, 7) is 24.2. The first-order chi connectivity index (χ1) is 69.3. The van der Waals surface area contributed by atoms with Crippen LogP contribution >= 0.6 is 45.3 Å². The monoisotopic (exact) mass is 1990 g/mol. The molecule has 4 aliphatic heterocycles. The Morgan fingerprint density at radius 2 is 0.713 bits per heavy atom. The molecule has 36 heteroatoms. The Hall–Kier alpha value is -15.1. The molecule has 0 radical (unpaired) electrons. The third-order valence-corrected chi connectivity index (χ3v) is 33.5. The number of imidazole rings is 4. The van der Waals surface area contributed by atoms with E-state index in [1.807, 2.05) is 146 Å². The number of hydrogen-bond acceptors (Lipinski definition) is 22. The number of carbonyl (C=O) groups is 8. The second-order valence-electron chi connectivity index (χ2n) is 38.2. The van der Waals surface area contributed by atoms with Crippen LogP contribution in [-0.4, -0.2) is 177 Å². The van der Waals surface area contributed by atoms with E-state index in [2.05, 4.69) is 92.7 Å². The lowest BCUT2D eigenvalue weighted by Gasteiger charge is -2.46. The standard InChI is InChI=1S/C28H28N6O2S.C27H26N6O2S.2C26H23FN4O3S/c1-3-24-29-13-11-20(30-24)22-9-10-23(37-22)26(36)32-27-31-19-7-5-6-8-21(19)34(27)18-15-28(16-18)12-14-33(17-28)25(35)4-2;1-3-24(34)32-13-11-27(16-32)14-18(15-27)33-21-7-5-4-6-19(21)30-26(33)31-25(35)23-9-8-22(36-23)20-10-12-28-17(2)29-20;1-2-23(32)30-10-9-26(15-30)13-17(14-26)31-19-6-5-16(27)12-18(19)28-25(31)29-24(33)22-8-7-21(35-22)20-4-3-11-34-20;1-2-23(32)30-10-9-26(15-30)13-17(14-26)31-19-12-16(27)5-6-18(19)28-25(31)29-24(33)22-8-7-21(35-22)20-4-3-11-34-20/h4-11,13,18H,2-3,12,14-17H2,1H3,(H,31,32,36);3-10,12,18H,1,11,13-16H2,2H3,(H,30,31,35);2*2-8,11-12,17H,1,9-10,13-15H2,(H,28,29,33). The predicted molar refractivity (Wildman–Crippen MR) is 548 cm³/mol. The zero-order chi connectivity index (χ0) is 98.7. The SMILES string of the molecule is C=CC(=O)N1CCC2(CC(n3c(NC(=O)c4ccc(-c5ccco5)s4)nc4cc(F)ccc43)C2)C1.C=CC(=O)N1CCC2(CC(n3c(NC(=O)c4ccc(-c5ccco5)s4)nc4ccc(F)cc43)C2)C1.C=CC(=O)N1CCC2(CC(n3c(NC(=O)c4ccc(-c5ccnc(C)n5)s4)nc4ccccc43)C2)C1.C=CC(=O)N1CCC2(CC(n3c(NC(=O)c4ccc(-c5ccnc(CC)n5)s4)nc4ccccc43)C2)C1. The van der Waals surface area contributed by atoms with Crippen molar-refractivity contribution in [1.82, 2.24) is 77.7 Å². The number of carbonyl (C=O) groups excluding carboxylic acids is 8. The van der Waals surface area contributed by atoms with Gasteiger partial charge in [-0.2, -0.15) is 0 Å². The minimum absolute atomic E-state index is 0.00352. The van der Waals surface area contributed by atoms with Gasteiger partial charge in [-0.3, -0.25) is 59.6 Å². The fourth-order valence-electron chi connectivity index (χ4n) is 22.1. The Labute approximate surface area is 836 Å². The largest absolute Gasteiger partial charge is 0.464 e. The van der Waals surface area contributed by atoms with Crippen molar-refractivity contribution in [2.45, 2.75) is 121 Å². The van der Waals surface area contributed by atoms with Crippen LogP contribution in [0.1, 0.15) is 158 Å².